The second-order valence-corrected chi connectivity index (χ2v) is 6.55. The van der Waals surface area contributed by atoms with Gasteiger partial charge >= 0.3 is 0 Å². The summed E-state index contributed by atoms with van der Waals surface area (Å²) in [5.41, 5.74) is 6.86. The van der Waals surface area contributed by atoms with E-state index in [2.05, 4.69) is 19.2 Å². The van der Waals surface area contributed by atoms with E-state index in [1.165, 1.54) is 36.8 Å². The monoisotopic (exact) mass is 453 g/mol. The van der Waals surface area contributed by atoms with Gasteiger partial charge in [0, 0.05) is 13.6 Å². The molecule has 0 radical (unpaired) electrons. The fourth-order valence-electron chi connectivity index (χ4n) is 2.44. The molecule has 2 aromatic rings. The summed E-state index contributed by atoms with van der Waals surface area (Å²) in [4.78, 5) is 16.8. The number of nitrogens with two attached hydrogens (primary N) is 1. The van der Waals surface area contributed by atoms with E-state index in [0.29, 0.717) is 11.1 Å². The van der Waals surface area contributed by atoms with Gasteiger partial charge < -0.3 is 15.9 Å². The summed E-state index contributed by atoms with van der Waals surface area (Å²) < 4.78 is 29.0. The van der Waals surface area contributed by atoms with Crippen molar-refractivity contribution in [2.24, 2.45) is 5.73 Å². The number of anilines is 2. The molecule has 2 aromatic carbocycles. The van der Waals surface area contributed by atoms with E-state index < -0.39 is 17.5 Å². The summed E-state index contributed by atoms with van der Waals surface area (Å²) in [6, 6.07) is 5.97. The van der Waals surface area contributed by atoms with Gasteiger partial charge in [-0.05, 0) is 48.7 Å². The topological polar surface area (TPSA) is 67.6 Å². The van der Waals surface area contributed by atoms with Gasteiger partial charge in [0.05, 0.1) is 24.0 Å². The Morgan fingerprint density at radius 2 is 1.62 bits per heavy atom. The number of rotatable bonds is 6. The van der Waals surface area contributed by atoms with Crippen LogP contribution in [-0.4, -0.2) is 25.1 Å². The molecule has 0 fully saturated rings. The van der Waals surface area contributed by atoms with Crippen molar-refractivity contribution in [3.8, 4) is 0 Å². The van der Waals surface area contributed by atoms with Crippen LogP contribution < -0.4 is 11.1 Å². The number of carbonyl (C=O) groups excluding carboxylic acids is 1. The summed E-state index contributed by atoms with van der Waals surface area (Å²) in [6.07, 6.45) is 1.25. The van der Waals surface area contributed by atoms with Crippen LogP contribution in [-0.2, 0) is 11.4 Å². The van der Waals surface area contributed by atoms with Gasteiger partial charge in [-0.2, -0.15) is 5.06 Å². The average molecular weight is 454 g/mol. The second-order valence-electron chi connectivity index (χ2n) is 6.55. The molecule has 0 aliphatic heterocycles. The van der Waals surface area contributed by atoms with E-state index in [1.807, 2.05) is 27.7 Å². The first-order valence-electron chi connectivity index (χ1n) is 11.1. The average Bonchev–Trinajstić information content (AvgIpc) is 2.77. The predicted octanol–water partition coefficient (Wildman–Crippen LogP) is 6.89. The number of hydrogen-bond donors (Lipinski definition) is 2. The van der Waals surface area contributed by atoms with E-state index in [-0.39, 0.29) is 23.5 Å². The highest BCUT2D eigenvalue weighted by Crippen LogP contribution is 2.31. The molecule has 0 heterocycles. The Balaban J connectivity index is 0. The van der Waals surface area contributed by atoms with Gasteiger partial charge in [-0.1, -0.05) is 54.0 Å². The molecule has 0 bridgehead atoms. The summed E-state index contributed by atoms with van der Waals surface area (Å²) in [7, 11) is 3.16. The van der Waals surface area contributed by atoms with Crippen LogP contribution >= 0.6 is 0 Å². The first-order valence-corrected chi connectivity index (χ1v) is 11.1. The van der Waals surface area contributed by atoms with Crippen LogP contribution in [0, 0.1) is 25.5 Å². The number of primary amides is 1. The number of nitrogens with one attached hydrogen (secondary N) is 1. The maximum Gasteiger partial charge on any atom is 0.250 e. The lowest BCUT2D eigenvalue weighted by Crippen LogP contribution is -2.20. The molecule has 0 aliphatic rings. The van der Waals surface area contributed by atoms with Gasteiger partial charge in [0.1, 0.15) is 5.82 Å². The van der Waals surface area contributed by atoms with E-state index in [0.717, 1.165) is 5.56 Å². The molecule has 1 amide bonds. The molecule has 0 saturated carbocycles. The number of aryl methyl sites for hydroxylation is 1. The number of nitrogens with zero attached hydrogens (tertiary/aromatic N) is 1. The van der Waals surface area contributed by atoms with Crippen molar-refractivity contribution < 1.29 is 18.4 Å². The number of hydroxylamine groups is 2. The zero-order chi connectivity index (χ0) is 25.4. The van der Waals surface area contributed by atoms with Gasteiger partial charge in [0.25, 0.3) is 5.91 Å². The summed E-state index contributed by atoms with van der Waals surface area (Å²) in [5, 5.41) is 4.14. The number of halogens is 2. The van der Waals surface area contributed by atoms with Crippen LogP contribution in [0.4, 0.5) is 20.2 Å². The molecular weight excluding hydrogens is 412 g/mol. The Bertz CT molecular complexity index is 827. The maximum atomic E-state index is 14.9. The quantitative estimate of drug-likeness (QED) is 0.468. The Morgan fingerprint density at radius 3 is 2.06 bits per heavy atom. The Morgan fingerprint density at radius 1 is 1.09 bits per heavy atom. The molecule has 0 atom stereocenters. The molecular formula is C25H41F2N3O2. The van der Waals surface area contributed by atoms with Gasteiger partial charge in [-0.3, -0.25) is 4.79 Å². The molecule has 0 unspecified atom stereocenters. The summed E-state index contributed by atoms with van der Waals surface area (Å²) in [6.45, 7) is 15.8. The normalized spacial score (nSPS) is 9.53. The fourth-order valence-corrected chi connectivity index (χ4v) is 2.44. The maximum absolute atomic E-state index is 14.9. The Hall–Kier alpha value is -2.51. The van der Waals surface area contributed by atoms with Crippen molar-refractivity contribution in [2.45, 2.75) is 68.4 Å². The number of hydrogen-bond acceptors (Lipinski definition) is 4. The summed E-state index contributed by atoms with van der Waals surface area (Å²) in [5.74, 6) is -2.01. The van der Waals surface area contributed by atoms with Crippen LogP contribution in [0.3, 0.4) is 0 Å². The Kier molecular flexibility index (Phi) is 16.9. The molecule has 0 saturated heterocycles. The minimum atomic E-state index is -0.810. The fraction of sp³-hybridized carbons (Fsp3) is 0.480. The van der Waals surface area contributed by atoms with Gasteiger partial charge in [-0.25, -0.2) is 8.78 Å². The van der Waals surface area contributed by atoms with Gasteiger partial charge in [0.2, 0.25) is 0 Å². The standard InChI is InChI=1S/C18H21F2N3O2.C3H8.2C2H6/c1-10-5-6-15(14(19)7-10)22-17-13(18(21)24)8-12(9-23(3)25-4)11(2)16(17)20;1-3-2;2*1-2/h5-8,22H,9H2,1-4H3,(H2,21,24);3H2,1-2H3;2*1-2H3. The van der Waals surface area contributed by atoms with Crippen molar-refractivity contribution in [1.29, 1.82) is 0 Å². The molecule has 32 heavy (non-hydrogen) atoms. The van der Waals surface area contributed by atoms with Crippen LogP contribution in [0.25, 0.3) is 0 Å². The molecule has 0 spiro atoms. The van der Waals surface area contributed by atoms with E-state index >= 15 is 0 Å². The van der Waals surface area contributed by atoms with E-state index in [4.69, 9.17) is 10.6 Å². The molecule has 5 nitrogen and oxygen atoms in total. The third kappa shape index (κ3) is 9.75. The lowest BCUT2D eigenvalue weighted by molar-refractivity contribution is -0.116. The number of benzene rings is 2. The minimum absolute atomic E-state index is 0.0532. The van der Waals surface area contributed by atoms with Crippen molar-refractivity contribution in [2.75, 3.05) is 19.5 Å². The second kappa shape index (κ2) is 17.1. The predicted molar refractivity (Wildman–Crippen MR) is 131 cm³/mol. The lowest BCUT2D eigenvalue weighted by atomic mass is 10.0. The highest BCUT2D eigenvalue weighted by Gasteiger charge is 2.20. The third-order valence-electron chi connectivity index (χ3n) is 3.97. The SMILES string of the molecule is CC.CC.CCC.CON(C)Cc1cc(C(N)=O)c(Nc2ccc(C)cc2F)c(F)c1C. The number of amides is 1. The number of carbonyl (C=O) groups is 1. The third-order valence-corrected chi connectivity index (χ3v) is 3.97. The van der Waals surface area contributed by atoms with Gasteiger partial charge in [0.15, 0.2) is 5.82 Å². The zero-order valence-electron chi connectivity index (χ0n) is 21.3. The van der Waals surface area contributed by atoms with Crippen LogP contribution in [0.5, 0.6) is 0 Å². The van der Waals surface area contributed by atoms with Crippen molar-refractivity contribution in [3.05, 3.63) is 58.2 Å². The molecule has 3 N–H and O–H groups in total. The van der Waals surface area contributed by atoms with E-state index in [1.54, 1.807) is 27.0 Å². The molecule has 7 heteroatoms. The minimum Gasteiger partial charge on any atom is -0.366 e. The molecule has 182 valence electrons. The first kappa shape index (κ1) is 31.7. The smallest absolute Gasteiger partial charge is 0.250 e. The first-order chi connectivity index (χ1) is 15.2. The van der Waals surface area contributed by atoms with Crippen LogP contribution in [0.2, 0.25) is 0 Å². The van der Waals surface area contributed by atoms with Crippen LogP contribution in [0.1, 0.15) is 75.0 Å². The van der Waals surface area contributed by atoms with Crippen LogP contribution in [0.15, 0.2) is 24.3 Å². The van der Waals surface area contributed by atoms with E-state index in [9.17, 15) is 13.6 Å². The lowest BCUT2D eigenvalue weighted by Gasteiger charge is -2.19. The van der Waals surface area contributed by atoms with Crippen molar-refractivity contribution in [1.82, 2.24) is 5.06 Å². The highest BCUT2D eigenvalue weighted by molar-refractivity contribution is 5.99. The Labute approximate surface area is 192 Å². The van der Waals surface area contributed by atoms with Crippen molar-refractivity contribution in [3.63, 3.8) is 0 Å². The highest BCUT2D eigenvalue weighted by atomic mass is 19.1. The summed E-state index contributed by atoms with van der Waals surface area (Å²) >= 11 is 0. The van der Waals surface area contributed by atoms with Crippen molar-refractivity contribution >= 4 is 17.3 Å². The largest absolute Gasteiger partial charge is 0.366 e. The zero-order valence-corrected chi connectivity index (χ0v) is 21.3. The molecule has 0 aliphatic carbocycles. The molecule has 0 aromatic heterocycles. The molecule has 2 rings (SSSR count). The van der Waals surface area contributed by atoms with Gasteiger partial charge in [-0.15, -0.1) is 0 Å².